The summed E-state index contributed by atoms with van der Waals surface area (Å²) in [5, 5.41) is 101. The van der Waals surface area contributed by atoms with Gasteiger partial charge in [0, 0.05) is 37.3 Å². The first kappa shape index (κ1) is 52.8. The largest absolute Gasteiger partial charge is 0.481 e. The van der Waals surface area contributed by atoms with Crippen molar-refractivity contribution in [1.29, 1.82) is 0 Å². The van der Waals surface area contributed by atoms with E-state index in [9.17, 15) is 60.7 Å². The Hall–Kier alpha value is -5.06. The third kappa shape index (κ3) is 13.7. The summed E-state index contributed by atoms with van der Waals surface area (Å²) in [6.07, 6.45) is -9.51. The van der Waals surface area contributed by atoms with Crippen LogP contribution >= 0.6 is 0 Å². The number of carboxylic acids is 2. The highest BCUT2D eigenvalue weighted by Gasteiger charge is 2.46. The summed E-state index contributed by atoms with van der Waals surface area (Å²) in [6.45, 7) is 4.55. The van der Waals surface area contributed by atoms with Crippen LogP contribution in [0.25, 0.3) is 22.3 Å². The molecule has 3 heterocycles. The van der Waals surface area contributed by atoms with E-state index in [0.717, 1.165) is 88.9 Å². The van der Waals surface area contributed by atoms with Crippen molar-refractivity contribution in [3.05, 3.63) is 107 Å². The van der Waals surface area contributed by atoms with Gasteiger partial charge in [-0.25, -0.2) is 0 Å². The van der Waals surface area contributed by atoms with Crippen molar-refractivity contribution in [2.75, 3.05) is 52.5 Å². The number of aliphatic hydroxyl groups is 8. The molecule has 0 amide bonds. The molecule has 380 valence electrons. The molecule has 3 aliphatic heterocycles. The van der Waals surface area contributed by atoms with Crippen LogP contribution in [0.3, 0.4) is 0 Å². The maximum Gasteiger partial charge on any atom is 0.307 e. The molecule has 10 atom stereocenters. The van der Waals surface area contributed by atoms with Crippen molar-refractivity contribution in [2.24, 2.45) is 0 Å². The number of aliphatic hydroxyl groups excluding tert-OH is 8. The molecule has 4 aromatic rings. The van der Waals surface area contributed by atoms with Crippen LogP contribution in [0, 0.1) is 0 Å². The number of nitrogens with zero attached hydrogens (tertiary/aromatic N) is 2. The maximum absolute atomic E-state index is 11.5. The van der Waals surface area contributed by atoms with Crippen LogP contribution in [0.1, 0.15) is 47.9 Å². The summed E-state index contributed by atoms with van der Waals surface area (Å²) < 4.78 is 23.4. The van der Waals surface area contributed by atoms with Gasteiger partial charge in [-0.05, 0) is 109 Å². The average Bonchev–Trinajstić information content (AvgIpc) is 3.35. The lowest BCUT2D eigenvalue weighted by Gasteiger charge is -2.39. The maximum atomic E-state index is 11.5. The average molecular weight is 975 g/mol. The minimum atomic E-state index is -1.61. The molecule has 7 rings (SSSR count). The third-order valence-corrected chi connectivity index (χ3v) is 13.3. The van der Waals surface area contributed by atoms with Gasteiger partial charge in [0.25, 0.3) is 0 Å². The number of carboxylic acid groups (broad SMARTS) is 2. The zero-order chi connectivity index (χ0) is 49.9. The van der Waals surface area contributed by atoms with Crippen LogP contribution in [0.5, 0.6) is 11.5 Å². The summed E-state index contributed by atoms with van der Waals surface area (Å²) in [7, 11) is 0. The third-order valence-electron chi connectivity index (χ3n) is 13.3. The molecule has 0 aliphatic carbocycles. The Labute approximate surface area is 406 Å². The number of hydrogen-bond donors (Lipinski definition) is 10. The first-order chi connectivity index (χ1) is 33.7. The van der Waals surface area contributed by atoms with Crippen LogP contribution in [0.4, 0.5) is 0 Å². The molecular formula is C52H66N2O16. The highest BCUT2D eigenvalue weighted by molar-refractivity contribution is 5.76. The second-order valence-corrected chi connectivity index (χ2v) is 18.4. The SMILES string of the molecule is O=C(O)Cc1cccc(-c2cc(CCCCN3CCN(CCCCc4ccc(O[C@H]5O[C@H](CO)[C@@H](O)[C@@H](O)[C@@H]5O)c(-c5cccc(CC(=O)O)c5)c4)CC3)ccc2O[C@H]2O[C@H](CO)[C@@H](O)[C@@H](O)[C@@H]2O)c1. The number of ether oxygens (including phenoxy) is 4. The summed E-state index contributed by atoms with van der Waals surface area (Å²) in [6, 6.07) is 25.5. The van der Waals surface area contributed by atoms with E-state index in [4.69, 9.17) is 18.9 Å². The first-order valence-electron chi connectivity index (χ1n) is 24.0. The van der Waals surface area contributed by atoms with Crippen LogP contribution in [-0.4, -0.2) is 187 Å². The smallest absolute Gasteiger partial charge is 0.307 e. The lowest BCUT2D eigenvalue weighted by Crippen LogP contribution is -2.60. The number of aliphatic carboxylic acids is 2. The van der Waals surface area contributed by atoms with E-state index in [1.54, 1.807) is 48.5 Å². The number of benzene rings is 4. The Balaban J connectivity index is 0.895. The van der Waals surface area contributed by atoms with Gasteiger partial charge in [-0.3, -0.25) is 9.59 Å². The fourth-order valence-corrected chi connectivity index (χ4v) is 9.31. The lowest BCUT2D eigenvalue weighted by atomic mass is 9.96. The molecule has 4 aromatic carbocycles. The number of carbonyl (C=O) groups is 2. The molecule has 3 aliphatic rings. The zero-order valence-electron chi connectivity index (χ0n) is 39.0. The normalized spacial score (nSPS) is 26.5. The standard InChI is InChI=1S/C52H66N2O16/c55-29-41-45(61)47(63)49(65)51(69-41)67-39-15-13-31(25-37(39)35-11-5-9-33(23-35)27-43(57)58)7-1-3-17-53-19-21-54(22-20-53)18-4-2-8-32-14-16-40(68-52-50(66)48(64)46(62)42(30-56)70-52)38(26-32)36-12-6-10-34(24-36)28-44(59)60/h5-6,9-16,23-26,41-42,45-52,55-56,61-66H,1-4,7-8,17-22,27-30H2,(H,57,58)(H,59,60)/t41-,42-,45-,46-,47-,48-,49+,50+,51+,52+/m1/s1. The molecule has 10 N–H and O–H groups in total. The number of unbranched alkanes of at least 4 members (excludes halogenated alkanes) is 2. The van der Waals surface area contributed by atoms with Crippen molar-refractivity contribution in [1.82, 2.24) is 9.80 Å². The van der Waals surface area contributed by atoms with Gasteiger partial charge >= 0.3 is 11.9 Å². The van der Waals surface area contributed by atoms with E-state index >= 15 is 0 Å². The summed E-state index contributed by atoms with van der Waals surface area (Å²) >= 11 is 0. The fraction of sp³-hybridized carbons (Fsp3) is 0.500. The molecule has 0 bridgehead atoms. The minimum Gasteiger partial charge on any atom is -0.481 e. The molecule has 18 heteroatoms. The summed E-state index contributed by atoms with van der Waals surface area (Å²) in [4.78, 5) is 28.0. The Morgan fingerprint density at radius 3 is 1.27 bits per heavy atom. The molecule has 3 fully saturated rings. The molecule has 0 spiro atoms. The molecule has 0 saturated carbocycles. The van der Waals surface area contributed by atoms with Gasteiger partial charge in [-0.1, -0.05) is 60.7 Å². The van der Waals surface area contributed by atoms with Crippen molar-refractivity contribution in [2.45, 2.75) is 113 Å². The summed E-state index contributed by atoms with van der Waals surface area (Å²) in [5.41, 5.74) is 5.92. The predicted molar refractivity (Wildman–Crippen MR) is 254 cm³/mol. The second-order valence-electron chi connectivity index (χ2n) is 18.4. The van der Waals surface area contributed by atoms with E-state index in [0.29, 0.717) is 44.9 Å². The monoisotopic (exact) mass is 974 g/mol. The van der Waals surface area contributed by atoms with Gasteiger partial charge in [-0.2, -0.15) is 0 Å². The van der Waals surface area contributed by atoms with Crippen LogP contribution < -0.4 is 9.47 Å². The van der Waals surface area contributed by atoms with E-state index in [-0.39, 0.29) is 12.8 Å². The minimum absolute atomic E-state index is 0.169. The van der Waals surface area contributed by atoms with Crippen molar-refractivity contribution in [3.63, 3.8) is 0 Å². The van der Waals surface area contributed by atoms with Crippen molar-refractivity contribution < 1.29 is 79.6 Å². The van der Waals surface area contributed by atoms with Gasteiger partial charge in [0.05, 0.1) is 26.1 Å². The number of piperazine rings is 1. The molecule has 18 nitrogen and oxygen atoms in total. The molecular weight excluding hydrogens is 909 g/mol. The van der Waals surface area contributed by atoms with Crippen LogP contribution in [0.15, 0.2) is 84.9 Å². The Morgan fingerprint density at radius 2 is 0.900 bits per heavy atom. The summed E-state index contributed by atoms with van der Waals surface area (Å²) in [5.74, 6) is -1.29. The Kier molecular flexibility index (Phi) is 18.7. The molecule has 0 radical (unpaired) electrons. The number of aryl methyl sites for hydroxylation is 2. The van der Waals surface area contributed by atoms with Gasteiger partial charge < -0.3 is 79.8 Å². The van der Waals surface area contributed by atoms with E-state index in [2.05, 4.69) is 9.80 Å². The van der Waals surface area contributed by atoms with Gasteiger partial charge in [-0.15, -0.1) is 0 Å². The van der Waals surface area contributed by atoms with Gasteiger partial charge in [0.1, 0.15) is 60.3 Å². The Bertz CT molecular complexity index is 2180. The van der Waals surface area contributed by atoms with Crippen LogP contribution in [0.2, 0.25) is 0 Å². The highest BCUT2D eigenvalue weighted by Crippen LogP contribution is 2.37. The van der Waals surface area contributed by atoms with E-state index in [1.165, 1.54) is 0 Å². The first-order valence-corrected chi connectivity index (χ1v) is 24.0. The van der Waals surface area contributed by atoms with E-state index < -0.39 is 86.6 Å². The number of hydrogen-bond acceptors (Lipinski definition) is 16. The van der Waals surface area contributed by atoms with Gasteiger partial charge in [0.15, 0.2) is 0 Å². The molecule has 70 heavy (non-hydrogen) atoms. The highest BCUT2D eigenvalue weighted by atomic mass is 16.7. The lowest BCUT2D eigenvalue weighted by molar-refractivity contribution is -0.277. The molecule has 0 unspecified atom stereocenters. The van der Waals surface area contributed by atoms with Crippen LogP contribution in [-0.2, 0) is 44.7 Å². The fourth-order valence-electron chi connectivity index (χ4n) is 9.31. The predicted octanol–water partition coefficient (Wildman–Crippen LogP) is 1.60. The quantitative estimate of drug-likeness (QED) is 0.0501. The molecule has 0 aromatic heterocycles. The van der Waals surface area contributed by atoms with E-state index in [1.807, 2.05) is 36.4 Å². The number of rotatable bonds is 22. The van der Waals surface area contributed by atoms with Gasteiger partial charge in [0.2, 0.25) is 12.6 Å². The Morgan fingerprint density at radius 1 is 0.500 bits per heavy atom. The molecule has 3 saturated heterocycles. The second kappa shape index (κ2) is 24.9. The van der Waals surface area contributed by atoms with Crippen molar-refractivity contribution >= 4 is 11.9 Å². The zero-order valence-corrected chi connectivity index (χ0v) is 39.0. The van der Waals surface area contributed by atoms with Crippen molar-refractivity contribution in [3.8, 4) is 33.8 Å². The topological polar surface area (TPSA) is 280 Å².